The standard InChI is InChI=1S/C19H22O5S/c1-3-19(23-13-16-7-5-4-6-8-16)18(20)14-24-25(21,22)17-11-9-15(2)10-12-17/h3-12,18-20H,1,13-14H2,2H3/t18-,19-/m1/s1. The van der Waals surface area contributed by atoms with Crippen LogP contribution in [-0.4, -0.2) is 32.3 Å². The topological polar surface area (TPSA) is 72.8 Å². The summed E-state index contributed by atoms with van der Waals surface area (Å²) in [4.78, 5) is 0.0469. The summed E-state index contributed by atoms with van der Waals surface area (Å²) in [6.07, 6.45) is -0.468. The molecule has 2 rings (SSSR count). The SMILES string of the molecule is C=C[C@@H](OCc1ccccc1)[C@H](O)COS(=O)(=O)c1ccc(C)cc1. The molecule has 0 bridgehead atoms. The second kappa shape index (κ2) is 8.92. The van der Waals surface area contributed by atoms with Crippen molar-refractivity contribution < 1.29 is 22.4 Å². The van der Waals surface area contributed by atoms with Gasteiger partial charge in [-0.05, 0) is 24.6 Å². The monoisotopic (exact) mass is 362 g/mol. The molecule has 0 aliphatic rings. The number of ether oxygens (including phenoxy) is 1. The van der Waals surface area contributed by atoms with E-state index >= 15 is 0 Å². The molecule has 5 nitrogen and oxygen atoms in total. The summed E-state index contributed by atoms with van der Waals surface area (Å²) >= 11 is 0. The highest BCUT2D eigenvalue weighted by atomic mass is 32.2. The Morgan fingerprint density at radius 3 is 2.36 bits per heavy atom. The molecule has 134 valence electrons. The van der Waals surface area contributed by atoms with Crippen LogP contribution in [0.15, 0.2) is 72.1 Å². The molecule has 0 spiro atoms. The van der Waals surface area contributed by atoms with Crippen LogP contribution in [0.4, 0.5) is 0 Å². The third kappa shape index (κ3) is 5.79. The number of benzene rings is 2. The molecular weight excluding hydrogens is 340 g/mol. The van der Waals surface area contributed by atoms with Crippen molar-refractivity contribution in [1.29, 1.82) is 0 Å². The lowest BCUT2D eigenvalue weighted by atomic mass is 10.2. The van der Waals surface area contributed by atoms with Gasteiger partial charge in [0.05, 0.1) is 18.1 Å². The Bertz CT molecular complexity index is 769. The third-order valence-electron chi connectivity index (χ3n) is 3.60. The van der Waals surface area contributed by atoms with Gasteiger partial charge in [-0.2, -0.15) is 8.42 Å². The zero-order valence-corrected chi connectivity index (χ0v) is 14.9. The van der Waals surface area contributed by atoms with Crippen molar-refractivity contribution in [1.82, 2.24) is 0 Å². The maximum absolute atomic E-state index is 12.1. The first-order valence-electron chi connectivity index (χ1n) is 7.84. The van der Waals surface area contributed by atoms with E-state index in [-0.39, 0.29) is 11.5 Å². The number of rotatable bonds is 9. The molecule has 0 saturated heterocycles. The lowest BCUT2D eigenvalue weighted by Crippen LogP contribution is -2.32. The van der Waals surface area contributed by atoms with Gasteiger partial charge in [-0.25, -0.2) is 0 Å². The Hall–Kier alpha value is -1.99. The van der Waals surface area contributed by atoms with Gasteiger partial charge >= 0.3 is 0 Å². The number of aryl methyl sites for hydroxylation is 1. The first kappa shape index (κ1) is 19.3. The zero-order valence-electron chi connectivity index (χ0n) is 14.0. The van der Waals surface area contributed by atoms with E-state index in [9.17, 15) is 13.5 Å². The second-order valence-electron chi connectivity index (χ2n) is 5.62. The zero-order chi connectivity index (χ0) is 18.3. The van der Waals surface area contributed by atoms with Crippen molar-refractivity contribution in [3.63, 3.8) is 0 Å². The van der Waals surface area contributed by atoms with Gasteiger partial charge in [-0.1, -0.05) is 54.1 Å². The van der Waals surface area contributed by atoms with Crippen LogP contribution in [0.25, 0.3) is 0 Å². The van der Waals surface area contributed by atoms with Gasteiger partial charge in [0.25, 0.3) is 10.1 Å². The number of aliphatic hydroxyl groups is 1. The van der Waals surface area contributed by atoms with Crippen LogP contribution in [0, 0.1) is 6.92 Å². The molecule has 0 heterocycles. The van der Waals surface area contributed by atoms with Crippen molar-refractivity contribution in [2.24, 2.45) is 0 Å². The predicted octanol–water partition coefficient (Wildman–Crippen LogP) is 2.83. The Morgan fingerprint density at radius 2 is 1.76 bits per heavy atom. The Labute approximate surface area is 148 Å². The van der Waals surface area contributed by atoms with Gasteiger partial charge < -0.3 is 9.84 Å². The van der Waals surface area contributed by atoms with E-state index in [2.05, 4.69) is 6.58 Å². The number of hydrogen-bond donors (Lipinski definition) is 1. The van der Waals surface area contributed by atoms with Gasteiger partial charge in [0.1, 0.15) is 12.2 Å². The van der Waals surface area contributed by atoms with Crippen molar-refractivity contribution >= 4 is 10.1 Å². The number of aliphatic hydroxyl groups excluding tert-OH is 1. The minimum absolute atomic E-state index is 0.0469. The van der Waals surface area contributed by atoms with Crippen molar-refractivity contribution in [2.75, 3.05) is 6.61 Å². The molecule has 25 heavy (non-hydrogen) atoms. The van der Waals surface area contributed by atoms with E-state index < -0.39 is 28.9 Å². The molecule has 0 fully saturated rings. The summed E-state index contributed by atoms with van der Waals surface area (Å²) in [5.74, 6) is 0. The molecular formula is C19H22O5S. The third-order valence-corrected chi connectivity index (χ3v) is 4.90. The van der Waals surface area contributed by atoms with E-state index in [0.717, 1.165) is 11.1 Å². The lowest BCUT2D eigenvalue weighted by Gasteiger charge is -2.20. The molecule has 6 heteroatoms. The fourth-order valence-electron chi connectivity index (χ4n) is 2.13. The minimum atomic E-state index is -3.93. The van der Waals surface area contributed by atoms with E-state index in [4.69, 9.17) is 8.92 Å². The summed E-state index contributed by atoms with van der Waals surface area (Å²) in [5.41, 5.74) is 1.88. The highest BCUT2D eigenvalue weighted by Crippen LogP contribution is 2.15. The van der Waals surface area contributed by atoms with Crippen LogP contribution in [-0.2, 0) is 25.6 Å². The molecule has 0 unspecified atom stereocenters. The molecule has 0 aliphatic heterocycles. The first-order valence-corrected chi connectivity index (χ1v) is 9.25. The molecule has 2 aromatic carbocycles. The van der Waals surface area contributed by atoms with Crippen LogP contribution >= 0.6 is 0 Å². The summed E-state index contributed by atoms with van der Waals surface area (Å²) in [6, 6.07) is 15.7. The Kier molecular flexibility index (Phi) is 6.90. The minimum Gasteiger partial charge on any atom is -0.388 e. The lowest BCUT2D eigenvalue weighted by molar-refractivity contribution is -0.0351. The fraction of sp³-hybridized carbons (Fsp3) is 0.263. The van der Waals surface area contributed by atoms with Crippen LogP contribution in [0.5, 0.6) is 0 Å². The first-order chi connectivity index (χ1) is 11.9. The molecule has 0 aromatic heterocycles. The van der Waals surface area contributed by atoms with Gasteiger partial charge in [0.2, 0.25) is 0 Å². The van der Waals surface area contributed by atoms with E-state index in [0.29, 0.717) is 0 Å². The summed E-state index contributed by atoms with van der Waals surface area (Å²) < 4.78 is 34.8. The molecule has 2 aromatic rings. The second-order valence-corrected chi connectivity index (χ2v) is 7.23. The predicted molar refractivity (Wildman–Crippen MR) is 95.5 cm³/mol. The molecule has 1 N–H and O–H groups in total. The van der Waals surface area contributed by atoms with Crippen molar-refractivity contribution in [3.8, 4) is 0 Å². The van der Waals surface area contributed by atoms with E-state index in [1.807, 2.05) is 37.3 Å². The molecule has 2 atom stereocenters. The van der Waals surface area contributed by atoms with Crippen LogP contribution in [0.1, 0.15) is 11.1 Å². The quantitative estimate of drug-likeness (QED) is 0.548. The van der Waals surface area contributed by atoms with E-state index in [1.54, 1.807) is 12.1 Å². The molecule has 0 radical (unpaired) electrons. The molecule has 0 saturated carbocycles. The van der Waals surface area contributed by atoms with Crippen LogP contribution in [0.3, 0.4) is 0 Å². The van der Waals surface area contributed by atoms with Crippen LogP contribution in [0.2, 0.25) is 0 Å². The van der Waals surface area contributed by atoms with Crippen molar-refractivity contribution in [2.45, 2.75) is 30.6 Å². The van der Waals surface area contributed by atoms with Crippen LogP contribution < -0.4 is 0 Å². The van der Waals surface area contributed by atoms with E-state index in [1.165, 1.54) is 18.2 Å². The average molecular weight is 362 g/mol. The Balaban J connectivity index is 1.91. The fourth-order valence-corrected chi connectivity index (χ4v) is 3.05. The maximum atomic E-state index is 12.1. The molecule has 0 aliphatic carbocycles. The highest BCUT2D eigenvalue weighted by Gasteiger charge is 2.22. The summed E-state index contributed by atoms with van der Waals surface area (Å²) in [6.45, 7) is 5.34. The largest absolute Gasteiger partial charge is 0.388 e. The normalized spacial score (nSPS) is 14.0. The smallest absolute Gasteiger partial charge is 0.297 e. The summed E-state index contributed by atoms with van der Waals surface area (Å²) in [5, 5.41) is 10.2. The summed E-state index contributed by atoms with van der Waals surface area (Å²) in [7, 11) is -3.93. The van der Waals surface area contributed by atoms with Gasteiger partial charge in [-0.15, -0.1) is 6.58 Å². The highest BCUT2D eigenvalue weighted by molar-refractivity contribution is 7.86. The Morgan fingerprint density at radius 1 is 1.12 bits per heavy atom. The van der Waals surface area contributed by atoms with Gasteiger partial charge in [-0.3, -0.25) is 4.18 Å². The van der Waals surface area contributed by atoms with Crippen molar-refractivity contribution in [3.05, 3.63) is 78.4 Å². The number of hydrogen-bond acceptors (Lipinski definition) is 5. The van der Waals surface area contributed by atoms with Gasteiger partial charge in [0, 0.05) is 0 Å². The van der Waals surface area contributed by atoms with Gasteiger partial charge in [0.15, 0.2) is 0 Å². The maximum Gasteiger partial charge on any atom is 0.297 e. The average Bonchev–Trinajstić information content (AvgIpc) is 2.62. The molecule has 0 amide bonds.